The molecule has 1 N–H and O–H groups in total. The smallest absolute Gasteiger partial charge is 0.237 e. The molecule has 1 aliphatic carbocycles. The zero-order chi connectivity index (χ0) is 17.0. The minimum absolute atomic E-state index is 0.0705. The zero-order valence-corrected chi connectivity index (χ0v) is 14.2. The van der Waals surface area contributed by atoms with Crippen molar-refractivity contribution in [3.05, 3.63) is 65.0 Å². The number of benzene rings is 1. The van der Waals surface area contributed by atoms with Crippen LogP contribution in [0, 0.1) is 0 Å². The molecule has 5 rings (SSSR count). The molecule has 0 radical (unpaired) electrons. The molecule has 0 bridgehead atoms. The van der Waals surface area contributed by atoms with Gasteiger partial charge in [0.05, 0.1) is 10.9 Å². The maximum Gasteiger partial charge on any atom is 0.237 e. The van der Waals surface area contributed by atoms with Gasteiger partial charge in [-0.2, -0.15) is 0 Å². The normalized spacial score (nSPS) is 20.8. The summed E-state index contributed by atoms with van der Waals surface area (Å²) >= 11 is 0. The second-order valence-electron chi connectivity index (χ2n) is 7.16. The summed E-state index contributed by atoms with van der Waals surface area (Å²) in [5, 5.41) is 4.12. The molecule has 0 saturated carbocycles. The molecule has 1 aromatic carbocycles. The Morgan fingerprint density at radius 3 is 2.84 bits per heavy atom. The van der Waals surface area contributed by atoms with E-state index in [1.807, 2.05) is 12.1 Å². The number of carbonyl (C=O) groups is 1. The Bertz CT molecular complexity index is 1030. The summed E-state index contributed by atoms with van der Waals surface area (Å²) in [5.74, 6) is 0.786. The number of nitrogens with one attached hydrogen (secondary N) is 1. The van der Waals surface area contributed by atoms with Crippen molar-refractivity contribution in [3.8, 4) is 0 Å². The summed E-state index contributed by atoms with van der Waals surface area (Å²) in [5.41, 5.74) is 5.18. The number of aromatic nitrogens is 2. The van der Waals surface area contributed by atoms with E-state index in [2.05, 4.69) is 41.5 Å². The number of hydrogen-bond donors (Lipinski definition) is 1. The van der Waals surface area contributed by atoms with Gasteiger partial charge in [0.25, 0.3) is 0 Å². The number of carbonyl (C=O) groups excluding carboxylic acids is 1. The lowest BCUT2D eigenvalue weighted by Crippen LogP contribution is -2.35. The fourth-order valence-corrected chi connectivity index (χ4v) is 4.33. The SMILES string of the molecule is CCCc1ccc2cc3c(cc2n1)CC1(C3)C(=O)Nc2ncccc21. The molecule has 0 saturated heterocycles. The van der Waals surface area contributed by atoms with Crippen LogP contribution in [0.4, 0.5) is 5.82 Å². The Labute approximate surface area is 146 Å². The average molecular weight is 329 g/mol. The summed E-state index contributed by atoms with van der Waals surface area (Å²) < 4.78 is 0. The third-order valence-electron chi connectivity index (χ3n) is 5.55. The highest BCUT2D eigenvalue weighted by Gasteiger charge is 2.51. The van der Waals surface area contributed by atoms with Gasteiger partial charge in [-0.05, 0) is 54.7 Å². The van der Waals surface area contributed by atoms with Crippen molar-refractivity contribution >= 4 is 22.6 Å². The molecule has 1 amide bonds. The molecule has 1 aliphatic heterocycles. The van der Waals surface area contributed by atoms with Gasteiger partial charge in [0, 0.05) is 22.8 Å². The van der Waals surface area contributed by atoms with E-state index < -0.39 is 5.41 Å². The van der Waals surface area contributed by atoms with Crippen LogP contribution >= 0.6 is 0 Å². The van der Waals surface area contributed by atoms with Gasteiger partial charge in [0.15, 0.2) is 0 Å². The van der Waals surface area contributed by atoms with E-state index in [4.69, 9.17) is 4.98 Å². The van der Waals surface area contributed by atoms with E-state index in [1.165, 1.54) is 11.1 Å². The lowest BCUT2D eigenvalue weighted by molar-refractivity contribution is -0.120. The molecule has 2 aliphatic rings. The molecule has 124 valence electrons. The number of nitrogens with zero attached hydrogens (tertiary/aromatic N) is 2. The maximum absolute atomic E-state index is 12.8. The molecule has 4 heteroatoms. The molecule has 3 aromatic rings. The number of aryl methyl sites for hydroxylation is 1. The highest BCUT2D eigenvalue weighted by molar-refractivity contribution is 6.06. The summed E-state index contributed by atoms with van der Waals surface area (Å²) in [4.78, 5) is 21.9. The summed E-state index contributed by atoms with van der Waals surface area (Å²) in [6.07, 6.45) is 5.28. The van der Waals surface area contributed by atoms with E-state index in [-0.39, 0.29) is 5.91 Å². The molecule has 0 fully saturated rings. The molecule has 1 unspecified atom stereocenters. The van der Waals surface area contributed by atoms with Crippen molar-refractivity contribution < 1.29 is 4.79 Å². The summed E-state index contributed by atoms with van der Waals surface area (Å²) in [6.45, 7) is 2.17. The lowest BCUT2D eigenvalue weighted by atomic mass is 9.79. The lowest BCUT2D eigenvalue weighted by Gasteiger charge is -2.20. The van der Waals surface area contributed by atoms with Gasteiger partial charge < -0.3 is 5.32 Å². The molecule has 1 spiro atoms. The van der Waals surface area contributed by atoms with E-state index in [1.54, 1.807) is 6.20 Å². The van der Waals surface area contributed by atoms with Gasteiger partial charge >= 0.3 is 0 Å². The quantitative estimate of drug-likeness (QED) is 0.782. The molecular formula is C21H19N3O. The van der Waals surface area contributed by atoms with Gasteiger partial charge in [-0.3, -0.25) is 9.78 Å². The topological polar surface area (TPSA) is 54.9 Å². The van der Waals surface area contributed by atoms with Gasteiger partial charge in [-0.1, -0.05) is 25.5 Å². The highest BCUT2D eigenvalue weighted by atomic mass is 16.2. The first-order valence-corrected chi connectivity index (χ1v) is 8.88. The zero-order valence-electron chi connectivity index (χ0n) is 14.2. The Kier molecular flexibility index (Phi) is 2.99. The monoisotopic (exact) mass is 329 g/mol. The number of anilines is 1. The van der Waals surface area contributed by atoms with E-state index in [0.717, 1.165) is 47.8 Å². The predicted molar refractivity (Wildman–Crippen MR) is 97.7 cm³/mol. The van der Waals surface area contributed by atoms with Crippen LogP contribution in [0.3, 0.4) is 0 Å². The van der Waals surface area contributed by atoms with E-state index in [9.17, 15) is 4.79 Å². The second-order valence-corrected chi connectivity index (χ2v) is 7.16. The van der Waals surface area contributed by atoms with Crippen molar-refractivity contribution in [1.29, 1.82) is 0 Å². The maximum atomic E-state index is 12.8. The van der Waals surface area contributed by atoms with Crippen molar-refractivity contribution in [2.24, 2.45) is 0 Å². The largest absolute Gasteiger partial charge is 0.310 e. The van der Waals surface area contributed by atoms with Crippen LogP contribution in [0.2, 0.25) is 0 Å². The van der Waals surface area contributed by atoms with Crippen molar-refractivity contribution in [2.45, 2.75) is 38.0 Å². The van der Waals surface area contributed by atoms with Crippen LogP contribution in [0.15, 0.2) is 42.6 Å². The minimum Gasteiger partial charge on any atom is -0.310 e. The third kappa shape index (κ3) is 2.03. The number of hydrogen-bond acceptors (Lipinski definition) is 3. The molecule has 1 atom stereocenters. The number of pyridine rings is 2. The molecule has 25 heavy (non-hydrogen) atoms. The third-order valence-corrected chi connectivity index (χ3v) is 5.55. The van der Waals surface area contributed by atoms with Crippen LogP contribution < -0.4 is 5.32 Å². The fraction of sp³-hybridized carbons (Fsp3) is 0.286. The van der Waals surface area contributed by atoms with Gasteiger partial charge in [-0.25, -0.2) is 4.98 Å². The Morgan fingerprint density at radius 2 is 2.00 bits per heavy atom. The second kappa shape index (κ2) is 5.12. The first-order valence-electron chi connectivity index (χ1n) is 8.88. The van der Waals surface area contributed by atoms with Crippen molar-refractivity contribution in [3.63, 3.8) is 0 Å². The number of amides is 1. The Morgan fingerprint density at radius 1 is 1.16 bits per heavy atom. The van der Waals surface area contributed by atoms with Gasteiger partial charge in [0.2, 0.25) is 5.91 Å². The Balaban J connectivity index is 1.62. The van der Waals surface area contributed by atoms with Gasteiger partial charge in [0.1, 0.15) is 5.82 Å². The van der Waals surface area contributed by atoms with Crippen molar-refractivity contribution in [2.75, 3.05) is 5.32 Å². The van der Waals surface area contributed by atoms with Crippen LogP contribution in [-0.4, -0.2) is 15.9 Å². The van der Waals surface area contributed by atoms with Crippen LogP contribution in [-0.2, 0) is 29.5 Å². The number of rotatable bonds is 2. The molecule has 3 heterocycles. The minimum atomic E-state index is -0.504. The van der Waals surface area contributed by atoms with Crippen LogP contribution in [0.5, 0.6) is 0 Å². The highest BCUT2D eigenvalue weighted by Crippen LogP contribution is 2.47. The average Bonchev–Trinajstić information content (AvgIpc) is 3.11. The Hall–Kier alpha value is -2.75. The summed E-state index contributed by atoms with van der Waals surface area (Å²) in [7, 11) is 0. The first kappa shape index (κ1) is 14.6. The van der Waals surface area contributed by atoms with Crippen LogP contribution in [0.1, 0.15) is 35.7 Å². The standard InChI is InChI=1S/C21H19N3O/c1-2-4-16-7-6-13-9-14-11-21(12-15(14)10-18(13)23-16)17-5-3-8-22-19(17)24-20(21)25/h3,5-10H,2,4,11-12H2,1H3,(H,22,24,25). The predicted octanol–water partition coefficient (Wildman–Crippen LogP) is 3.57. The summed E-state index contributed by atoms with van der Waals surface area (Å²) in [6, 6.07) is 12.6. The molecule has 4 nitrogen and oxygen atoms in total. The van der Waals surface area contributed by atoms with Crippen LogP contribution in [0.25, 0.3) is 10.9 Å². The first-order chi connectivity index (χ1) is 12.2. The van der Waals surface area contributed by atoms with E-state index >= 15 is 0 Å². The van der Waals surface area contributed by atoms with Crippen molar-refractivity contribution in [1.82, 2.24) is 9.97 Å². The number of fused-ring (bicyclic) bond motifs is 4. The fourth-order valence-electron chi connectivity index (χ4n) is 4.33. The molecule has 2 aromatic heterocycles. The molecular weight excluding hydrogens is 310 g/mol. The van der Waals surface area contributed by atoms with Gasteiger partial charge in [-0.15, -0.1) is 0 Å². The van der Waals surface area contributed by atoms with E-state index in [0.29, 0.717) is 5.82 Å².